The predicted octanol–water partition coefficient (Wildman–Crippen LogP) is 0.952. The van der Waals surface area contributed by atoms with Crippen molar-refractivity contribution in [3.8, 4) is 12.3 Å². The van der Waals surface area contributed by atoms with Crippen LogP contribution in [0.25, 0.3) is 0 Å². The van der Waals surface area contributed by atoms with Gasteiger partial charge in [-0.15, -0.1) is 12.3 Å². The Morgan fingerprint density at radius 2 is 2.19 bits per heavy atom. The van der Waals surface area contributed by atoms with E-state index in [2.05, 4.69) is 16.6 Å². The van der Waals surface area contributed by atoms with Crippen molar-refractivity contribution in [2.24, 2.45) is 0 Å². The fraction of sp³-hybridized carbons (Fsp3) is 0.636. The molecule has 0 saturated heterocycles. The third kappa shape index (κ3) is 6.71. The quantitative estimate of drug-likeness (QED) is 0.447. The summed E-state index contributed by atoms with van der Waals surface area (Å²) in [5.41, 5.74) is 0. The molecule has 0 aromatic heterocycles. The number of carbonyl (C=O) groups excluding carboxylic acids is 1. The molecule has 0 rings (SSSR count). The lowest BCUT2D eigenvalue weighted by molar-refractivity contribution is -0.139. The lowest BCUT2D eigenvalue weighted by Gasteiger charge is -2.14. The van der Waals surface area contributed by atoms with E-state index in [-0.39, 0.29) is 0 Å². The number of terminal acetylenes is 1. The molecular weight excluding hydrogens is 208 g/mol. The number of urea groups is 1. The summed E-state index contributed by atoms with van der Waals surface area (Å²) in [4.78, 5) is 22.0. The van der Waals surface area contributed by atoms with Crippen LogP contribution in [0.4, 0.5) is 4.79 Å². The van der Waals surface area contributed by atoms with Gasteiger partial charge >= 0.3 is 12.0 Å². The summed E-state index contributed by atoms with van der Waals surface area (Å²) >= 11 is 0. The van der Waals surface area contributed by atoms with Gasteiger partial charge in [-0.2, -0.15) is 0 Å². The fourth-order valence-corrected chi connectivity index (χ4v) is 1.12. The number of carboxylic acids is 1. The molecule has 16 heavy (non-hydrogen) atoms. The van der Waals surface area contributed by atoms with E-state index in [1.807, 2.05) is 6.92 Å². The van der Waals surface area contributed by atoms with Gasteiger partial charge in [-0.05, 0) is 6.42 Å². The largest absolute Gasteiger partial charge is 0.480 e. The molecule has 5 heteroatoms. The topological polar surface area (TPSA) is 78.4 Å². The Hall–Kier alpha value is -1.70. The van der Waals surface area contributed by atoms with E-state index in [9.17, 15) is 9.59 Å². The van der Waals surface area contributed by atoms with Crippen LogP contribution in [0.2, 0.25) is 0 Å². The van der Waals surface area contributed by atoms with E-state index >= 15 is 0 Å². The lowest BCUT2D eigenvalue weighted by atomic mass is 10.1. The average Bonchev–Trinajstić information content (AvgIpc) is 2.24. The molecule has 0 aliphatic rings. The number of hydrogen-bond acceptors (Lipinski definition) is 2. The van der Waals surface area contributed by atoms with Gasteiger partial charge in [0.2, 0.25) is 0 Å². The van der Waals surface area contributed by atoms with Crippen molar-refractivity contribution in [3.05, 3.63) is 0 Å². The maximum Gasteiger partial charge on any atom is 0.326 e. The van der Waals surface area contributed by atoms with Crippen LogP contribution in [0.3, 0.4) is 0 Å². The molecule has 0 spiro atoms. The van der Waals surface area contributed by atoms with Gasteiger partial charge in [0, 0.05) is 13.0 Å². The number of hydrogen-bond donors (Lipinski definition) is 3. The van der Waals surface area contributed by atoms with Crippen molar-refractivity contribution < 1.29 is 14.7 Å². The van der Waals surface area contributed by atoms with Gasteiger partial charge in [0.1, 0.15) is 6.04 Å². The van der Waals surface area contributed by atoms with E-state index in [4.69, 9.17) is 11.5 Å². The zero-order chi connectivity index (χ0) is 12.4. The third-order valence-corrected chi connectivity index (χ3v) is 2.00. The second-order valence-electron chi connectivity index (χ2n) is 3.39. The molecule has 0 saturated carbocycles. The molecule has 0 bridgehead atoms. The summed E-state index contributed by atoms with van der Waals surface area (Å²) in [6.07, 6.45) is 7.54. The van der Waals surface area contributed by atoms with Crippen LogP contribution in [-0.2, 0) is 4.79 Å². The molecule has 3 N–H and O–H groups in total. The van der Waals surface area contributed by atoms with Crippen molar-refractivity contribution in [2.75, 3.05) is 6.54 Å². The number of aliphatic carboxylic acids is 1. The molecule has 1 unspecified atom stereocenters. The van der Waals surface area contributed by atoms with Crippen LogP contribution in [0.1, 0.15) is 32.6 Å². The van der Waals surface area contributed by atoms with Crippen molar-refractivity contribution in [1.29, 1.82) is 0 Å². The second kappa shape index (κ2) is 8.60. The first-order chi connectivity index (χ1) is 7.61. The SMILES string of the molecule is C#CCCNC(=O)NC(CCCC)C(=O)O. The minimum absolute atomic E-state index is 0.350. The van der Waals surface area contributed by atoms with Gasteiger partial charge in [0.05, 0.1) is 0 Å². The minimum Gasteiger partial charge on any atom is -0.480 e. The predicted molar refractivity (Wildman–Crippen MR) is 60.9 cm³/mol. The summed E-state index contributed by atoms with van der Waals surface area (Å²) in [5.74, 6) is 1.36. The van der Waals surface area contributed by atoms with Crippen molar-refractivity contribution >= 4 is 12.0 Å². The third-order valence-electron chi connectivity index (χ3n) is 2.00. The summed E-state index contributed by atoms with van der Waals surface area (Å²) in [5, 5.41) is 13.7. The van der Waals surface area contributed by atoms with Crippen LogP contribution < -0.4 is 10.6 Å². The first-order valence-electron chi connectivity index (χ1n) is 5.32. The minimum atomic E-state index is -1.01. The summed E-state index contributed by atoms with van der Waals surface area (Å²) in [6, 6.07) is -1.32. The highest BCUT2D eigenvalue weighted by Gasteiger charge is 2.18. The smallest absolute Gasteiger partial charge is 0.326 e. The maximum atomic E-state index is 11.2. The van der Waals surface area contributed by atoms with Gasteiger partial charge < -0.3 is 15.7 Å². The molecule has 0 aliphatic heterocycles. The molecule has 0 aromatic rings. The molecule has 0 heterocycles. The number of rotatable bonds is 7. The summed E-state index contributed by atoms with van der Waals surface area (Å²) in [7, 11) is 0. The van der Waals surface area contributed by atoms with E-state index in [1.54, 1.807) is 0 Å². The monoisotopic (exact) mass is 226 g/mol. The highest BCUT2D eigenvalue weighted by atomic mass is 16.4. The standard InChI is InChI=1S/C11H18N2O3/c1-3-5-7-9(10(14)15)13-11(16)12-8-6-4-2/h2,9H,3,5-8H2,1H3,(H,14,15)(H2,12,13,16). The Balaban J connectivity index is 3.94. The zero-order valence-electron chi connectivity index (χ0n) is 9.45. The van der Waals surface area contributed by atoms with E-state index in [1.165, 1.54) is 0 Å². The van der Waals surface area contributed by atoms with E-state index < -0.39 is 18.0 Å². The van der Waals surface area contributed by atoms with Crippen molar-refractivity contribution in [1.82, 2.24) is 10.6 Å². The average molecular weight is 226 g/mol. The van der Waals surface area contributed by atoms with Gasteiger partial charge in [-0.3, -0.25) is 0 Å². The van der Waals surface area contributed by atoms with Crippen molar-refractivity contribution in [3.63, 3.8) is 0 Å². The van der Waals surface area contributed by atoms with E-state index in [0.717, 1.165) is 12.8 Å². The number of unbranched alkanes of at least 4 members (excludes halogenated alkanes) is 1. The number of carboxylic acid groups (broad SMARTS) is 1. The molecule has 0 aromatic carbocycles. The molecule has 2 amide bonds. The summed E-state index contributed by atoms with van der Waals surface area (Å²) < 4.78 is 0. The number of carbonyl (C=O) groups is 2. The summed E-state index contributed by atoms with van der Waals surface area (Å²) in [6.45, 7) is 2.31. The Morgan fingerprint density at radius 3 is 2.69 bits per heavy atom. The maximum absolute atomic E-state index is 11.2. The molecule has 5 nitrogen and oxygen atoms in total. The first kappa shape index (κ1) is 14.3. The molecular formula is C11H18N2O3. The van der Waals surface area contributed by atoms with Crippen LogP contribution >= 0.6 is 0 Å². The van der Waals surface area contributed by atoms with Crippen LogP contribution in [0.5, 0.6) is 0 Å². The highest BCUT2D eigenvalue weighted by Crippen LogP contribution is 2.00. The molecule has 0 aliphatic carbocycles. The van der Waals surface area contributed by atoms with Crippen molar-refractivity contribution in [2.45, 2.75) is 38.6 Å². The number of nitrogens with one attached hydrogen (secondary N) is 2. The molecule has 90 valence electrons. The Bertz CT molecular complexity index is 271. The van der Waals surface area contributed by atoms with Gasteiger partial charge in [-0.1, -0.05) is 19.8 Å². The first-order valence-corrected chi connectivity index (χ1v) is 5.32. The Labute approximate surface area is 95.6 Å². The fourth-order valence-electron chi connectivity index (χ4n) is 1.12. The van der Waals surface area contributed by atoms with Crippen LogP contribution in [0, 0.1) is 12.3 Å². The Morgan fingerprint density at radius 1 is 1.50 bits per heavy atom. The zero-order valence-corrected chi connectivity index (χ0v) is 9.45. The van der Waals surface area contributed by atoms with Crippen LogP contribution in [-0.4, -0.2) is 29.7 Å². The molecule has 1 atom stereocenters. The highest BCUT2D eigenvalue weighted by molar-refractivity contribution is 5.82. The van der Waals surface area contributed by atoms with E-state index in [0.29, 0.717) is 19.4 Å². The molecule has 0 fully saturated rings. The van der Waals surface area contributed by atoms with Gasteiger partial charge in [0.25, 0.3) is 0 Å². The lowest BCUT2D eigenvalue weighted by Crippen LogP contribution is -2.46. The Kier molecular flexibility index (Phi) is 7.68. The normalized spacial score (nSPS) is 11.2. The van der Waals surface area contributed by atoms with Crippen LogP contribution in [0.15, 0.2) is 0 Å². The number of amides is 2. The van der Waals surface area contributed by atoms with Gasteiger partial charge in [0.15, 0.2) is 0 Å². The second-order valence-corrected chi connectivity index (χ2v) is 3.39. The molecule has 0 radical (unpaired) electrons. The van der Waals surface area contributed by atoms with Gasteiger partial charge in [-0.25, -0.2) is 9.59 Å².